The molecule has 2 heterocycles. The van der Waals surface area contributed by atoms with Crippen LogP contribution < -0.4 is 10.1 Å². The smallest absolute Gasteiger partial charge is 0.162 e. The predicted octanol–water partition coefficient (Wildman–Crippen LogP) is 3.77. The Bertz CT molecular complexity index is 964. The minimum absolute atomic E-state index is 0.630. The number of hydrogen-bond donors (Lipinski definition) is 2. The van der Waals surface area contributed by atoms with Gasteiger partial charge in [-0.25, -0.2) is 9.97 Å². The van der Waals surface area contributed by atoms with Crippen LogP contribution in [0.1, 0.15) is 0 Å². The number of hydrogen-bond acceptors (Lipinski definition) is 5. The molecule has 0 aliphatic rings. The Morgan fingerprint density at radius 2 is 1.75 bits per heavy atom. The van der Waals surface area contributed by atoms with E-state index in [1.165, 1.54) is 0 Å². The van der Waals surface area contributed by atoms with Crippen molar-refractivity contribution >= 4 is 22.5 Å². The quantitative estimate of drug-likeness (QED) is 0.599. The zero-order chi connectivity index (χ0) is 16.4. The van der Waals surface area contributed by atoms with Gasteiger partial charge in [-0.15, -0.1) is 0 Å². The van der Waals surface area contributed by atoms with Crippen molar-refractivity contribution in [2.45, 2.75) is 0 Å². The lowest BCUT2D eigenvalue weighted by atomic mass is 10.2. The number of aromatic nitrogens is 4. The zero-order valence-electron chi connectivity index (χ0n) is 13.0. The van der Waals surface area contributed by atoms with E-state index in [0.29, 0.717) is 11.6 Å². The number of aromatic amines is 1. The van der Waals surface area contributed by atoms with E-state index in [1.807, 2.05) is 54.6 Å². The summed E-state index contributed by atoms with van der Waals surface area (Å²) >= 11 is 0. The molecular formula is C18H15N5O. The monoisotopic (exact) mass is 317 g/mol. The van der Waals surface area contributed by atoms with Gasteiger partial charge in [-0.1, -0.05) is 18.2 Å². The molecule has 0 spiro atoms. The van der Waals surface area contributed by atoms with Crippen molar-refractivity contribution < 1.29 is 4.74 Å². The van der Waals surface area contributed by atoms with Crippen molar-refractivity contribution in [2.75, 3.05) is 12.4 Å². The van der Waals surface area contributed by atoms with E-state index < -0.39 is 0 Å². The van der Waals surface area contributed by atoms with Crippen molar-refractivity contribution in [1.29, 1.82) is 0 Å². The lowest BCUT2D eigenvalue weighted by Gasteiger charge is -2.09. The highest BCUT2D eigenvalue weighted by Crippen LogP contribution is 2.26. The normalized spacial score (nSPS) is 10.7. The summed E-state index contributed by atoms with van der Waals surface area (Å²) in [6, 6.07) is 17.5. The maximum absolute atomic E-state index is 5.20. The molecular weight excluding hydrogens is 302 g/mol. The van der Waals surface area contributed by atoms with Crippen LogP contribution in [0.3, 0.4) is 0 Å². The Morgan fingerprint density at radius 1 is 0.958 bits per heavy atom. The van der Waals surface area contributed by atoms with E-state index in [-0.39, 0.29) is 0 Å². The fraction of sp³-hybridized carbons (Fsp3) is 0.0556. The molecule has 0 radical (unpaired) electrons. The van der Waals surface area contributed by atoms with Crippen LogP contribution >= 0.6 is 0 Å². The van der Waals surface area contributed by atoms with E-state index in [2.05, 4.69) is 25.5 Å². The molecule has 24 heavy (non-hydrogen) atoms. The summed E-state index contributed by atoms with van der Waals surface area (Å²) in [4.78, 5) is 9.24. The SMILES string of the molecule is COc1ccc(-c2nc(Nc3ccccc3)c3[nH]ncc3n2)cc1. The Balaban J connectivity index is 1.79. The number of fused-ring (bicyclic) bond motifs is 1. The van der Waals surface area contributed by atoms with Crippen molar-refractivity contribution in [3.05, 3.63) is 60.8 Å². The molecule has 118 valence electrons. The molecule has 2 aromatic carbocycles. The second-order valence-corrected chi connectivity index (χ2v) is 5.25. The molecule has 4 aromatic rings. The average molecular weight is 317 g/mol. The number of para-hydroxylation sites is 1. The fourth-order valence-corrected chi connectivity index (χ4v) is 2.46. The molecule has 2 aromatic heterocycles. The van der Waals surface area contributed by atoms with Crippen LogP contribution in [-0.4, -0.2) is 27.3 Å². The van der Waals surface area contributed by atoms with Gasteiger partial charge in [-0.05, 0) is 36.4 Å². The summed E-state index contributed by atoms with van der Waals surface area (Å²) in [7, 11) is 1.64. The number of nitrogens with one attached hydrogen (secondary N) is 2. The third kappa shape index (κ3) is 2.65. The number of methoxy groups -OCH3 is 1. The third-order valence-corrected chi connectivity index (χ3v) is 3.68. The summed E-state index contributed by atoms with van der Waals surface area (Å²) < 4.78 is 5.20. The first kappa shape index (κ1) is 14.2. The molecule has 6 nitrogen and oxygen atoms in total. The first-order valence-corrected chi connectivity index (χ1v) is 7.51. The Morgan fingerprint density at radius 3 is 2.50 bits per heavy atom. The van der Waals surface area contributed by atoms with Crippen molar-refractivity contribution in [3.63, 3.8) is 0 Å². The first-order valence-electron chi connectivity index (χ1n) is 7.51. The number of H-pyrrole nitrogens is 1. The van der Waals surface area contributed by atoms with Crippen molar-refractivity contribution in [3.8, 4) is 17.1 Å². The minimum atomic E-state index is 0.630. The molecule has 0 fully saturated rings. The molecule has 0 aliphatic heterocycles. The van der Waals surface area contributed by atoms with Gasteiger partial charge in [0.1, 0.15) is 16.8 Å². The van der Waals surface area contributed by atoms with Gasteiger partial charge in [0.05, 0.1) is 13.3 Å². The summed E-state index contributed by atoms with van der Waals surface area (Å²) in [6.07, 6.45) is 1.69. The van der Waals surface area contributed by atoms with E-state index in [0.717, 1.165) is 28.0 Å². The maximum atomic E-state index is 5.20. The summed E-state index contributed by atoms with van der Waals surface area (Å²) in [5, 5.41) is 10.3. The lowest BCUT2D eigenvalue weighted by molar-refractivity contribution is 0.415. The standard InChI is InChI=1S/C18H15N5O/c1-24-14-9-7-12(8-10-14)17-21-15-11-19-23-16(15)18(22-17)20-13-5-3-2-4-6-13/h2-11H,1H3,(H,19,23)(H,20,21,22). The zero-order valence-corrected chi connectivity index (χ0v) is 13.0. The van der Waals surface area contributed by atoms with Gasteiger partial charge in [-0.3, -0.25) is 5.10 Å². The Kier molecular flexibility index (Phi) is 3.55. The van der Waals surface area contributed by atoms with Gasteiger partial charge in [0, 0.05) is 11.3 Å². The molecule has 0 saturated carbocycles. The highest BCUT2D eigenvalue weighted by Gasteiger charge is 2.11. The first-order chi connectivity index (χ1) is 11.8. The van der Waals surface area contributed by atoms with Crippen LogP contribution in [0.15, 0.2) is 60.8 Å². The van der Waals surface area contributed by atoms with Crippen LogP contribution in [0.25, 0.3) is 22.4 Å². The second-order valence-electron chi connectivity index (χ2n) is 5.25. The molecule has 0 aliphatic carbocycles. The average Bonchev–Trinajstić information content (AvgIpc) is 3.11. The predicted molar refractivity (Wildman–Crippen MR) is 93.4 cm³/mol. The van der Waals surface area contributed by atoms with Gasteiger partial charge >= 0.3 is 0 Å². The van der Waals surface area contributed by atoms with Gasteiger partial charge in [0.15, 0.2) is 11.6 Å². The van der Waals surface area contributed by atoms with E-state index in [1.54, 1.807) is 13.3 Å². The lowest BCUT2D eigenvalue weighted by Crippen LogP contribution is -1.99. The van der Waals surface area contributed by atoms with Crippen molar-refractivity contribution in [1.82, 2.24) is 20.2 Å². The van der Waals surface area contributed by atoms with Gasteiger partial charge in [-0.2, -0.15) is 5.10 Å². The number of ether oxygens (including phenoxy) is 1. The number of nitrogens with zero attached hydrogens (tertiary/aromatic N) is 3. The van der Waals surface area contributed by atoms with E-state index in [4.69, 9.17) is 4.74 Å². The molecule has 0 unspecified atom stereocenters. The third-order valence-electron chi connectivity index (χ3n) is 3.68. The summed E-state index contributed by atoms with van der Waals surface area (Å²) in [5.74, 6) is 2.12. The molecule has 2 N–H and O–H groups in total. The van der Waals surface area contributed by atoms with Crippen LogP contribution in [0.5, 0.6) is 5.75 Å². The van der Waals surface area contributed by atoms with Gasteiger partial charge < -0.3 is 10.1 Å². The molecule has 6 heteroatoms. The molecule has 0 bridgehead atoms. The van der Waals surface area contributed by atoms with Crippen LogP contribution in [0, 0.1) is 0 Å². The van der Waals surface area contributed by atoms with E-state index >= 15 is 0 Å². The highest BCUT2D eigenvalue weighted by atomic mass is 16.5. The number of benzene rings is 2. The number of anilines is 2. The maximum Gasteiger partial charge on any atom is 0.162 e. The molecule has 4 rings (SSSR count). The Labute approximate surface area is 138 Å². The topological polar surface area (TPSA) is 75.7 Å². The van der Waals surface area contributed by atoms with Crippen LogP contribution in [0.4, 0.5) is 11.5 Å². The highest BCUT2D eigenvalue weighted by molar-refractivity contribution is 5.88. The largest absolute Gasteiger partial charge is 0.497 e. The molecule has 0 saturated heterocycles. The summed E-state index contributed by atoms with van der Waals surface area (Å²) in [6.45, 7) is 0. The van der Waals surface area contributed by atoms with Gasteiger partial charge in [0.2, 0.25) is 0 Å². The van der Waals surface area contributed by atoms with Gasteiger partial charge in [0.25, 0.3) is 0 Å². The van der Waals surface area contributed by atoms with Crippen LogP contribution in [0.2, 0.25) is 0 Å². The second kappa shape index (κ2) is 6.00. The van der Waals surface area contributed by atoms with E-state index in [9.17, 15) is 0 Å². The fourth-order valence-electron chi connectivity index (χ4n) is 2.46. The van der Waals surface area contributed by atoms with Crippen LogP contribution in [-0.2, 0) is 0 Å². The van der Waals surface area contributed by atoms with Crippen molar-refractivity contribution in [2.24, 2.45) is 0 Å². The Hall–Kier alpha value is -3.41. The number of rotatable bonds is 4. The molecule has 0 atom stereocenters. The molecule has 0 amide bonds. The summed E-state index contributed by atoms with van der Waals surface area (Å²) in [5.41, 5.74) is 3.40. The minimum Gasteiger partial charge on any atom is -0.497 e.